The van der Waals surface area contributed by atoms with E-state index in [4.69, 9.17) is 4.74 Å². The summed E-state index contributed by atoms with van der Waals surface area (Å²) in [6.45, 7) is 12.0. The van der Waals surface area contributed by atoms with Crippen LogP contribution >= 0.6 is 0 Å². The highest BCUT2D eigenvalue weighted by molar-refractivity contribution is 4.89. The standard InChI is InChI=1S/C13H27N3O/c1-13(2)11-12(3-4-15-13)14-5-6-16-7-9-17-10-8-16/h12,14-15H,3-11H2,1-2H3. The van der Waals surface area contributed by atoms with E-state index in [9.17, 15) is 0 Å². The number of hydrogen-bond acceptors (Lipinski definition) is 4. The second-order valence-corrected chi connectivity index (χ2v) is 5.91. The lowest BCUT2D eigenvalue weighted by atomic mass is 9.89. The molecule has 0 aliphatic carbocycles. The van der Waals surface area contributed by atoms with E-state index in [0.29, 0.717) is 11.6 Å². The van der Waals surface area contributed by atoms with Gasteiger partial charge in [0.2, 0.25) is 0 Å². The van der Waals surface area contributed by atoms with Crippen molar-refractivity contribution in [2.45, 2.75) is 38.3 Å². The summed E-state index contributed by atoms with van der Waals surface area (Å²) in [5.41, 5.74) is 0.300. The van der Waals surface area contributed by atoms with E-state index in [0.717, 1.165) is 45.9 Å². The molecule has 0 aromatic rings. The van der Waals surface area contributed by atoms with Crippen molar-refractivity contribution in [1.82, 2.24) is 15.5 Å². The molecule has 100 valence electrons. The van der Waals surface area contributed by atoms with Crippen molar-refractivity contribution in [1.29, 1.82) is 0 Å². The third-order valence-corrected chi connectivity index (χ3v) is 3.82. The molecule has 2 saturated heterocycles. The Labute approximate surface area is 105 Å². The molecule has 0 amide bonds. The summed E-state index contributed by atoms with van der Waals surface area (Å²) in [5, 5.41) is 7.26. The van der Waals surface area contributed by atoms with Gasteiger partial charge in [-0.3, -0.25) is 4.90 Å². The molecule has 2 aliphatic rings. The number of morpholine rings is 1. The zero-order valence-corrected chi connectivity index (χ0v) is 11.3. The van der Waals surface area contributed by atoms with Gasteiger partial charge < -0.3 is 15.4 Å². The van der Waals surface area contributed by atoms with Gasteiger partial charge in [0.25, 0.3) is 0 Å². The number of rotatable bonds is 4. The van der Waals surface area contributed by atoms with Crippen LogP contribution in [0.15, 0.2) is 0 Å². The summed E-state index contributed by atoms with van der Waals surface area (Å²) in [6, 6.07) is 0.687. The van der Waals surface area contributed by atoms with Crippen molar-refractivity contribution in [3.63, 3.8) is 0 Å². The minimum atomic E-state index is 0.300. The van der Waals surface area contributed by atoms with Crippen molar-refractivity contribution >= 4 is 0 Å². The van der Waals surface area contributed by atoms with E-state index in [1.165, 1.54) is 12.8 Å². The first kappa shape index (κ1) is 13.3. The maximum Gasteiger partial charge on any atom is 0.0594 e. The molecule has 2 heterocycles. The molecule has 0 radical (unpaired) electrons. The third kappa shape index (κ3) is 4.54. The number of nitrogens with zero attached hydrogens (tertiary/aromatic N) is 1. The fourth-order valence-electron chi connectivity index (χ4n) is 2.80. The van der Waals surface area contributed by atoms with Crippen LogP contribution in [0.4, 0.5) is 0 Å². The van der Waals surface area contributed by atoms with E-state index in [1.807, 2.05) is 0 Å². The SMILES string of the molecule is CC1(C)CC(NCCN2CCOCC2)CCN1. The average molecular weight is 241 g/mol. The van der Waals surface area contributed by atoms with E-state index in [1.54, 1.807) is 0 Å². The normalized spacial score (nSPS) is 30.4. The molecule has 4 heteroatoms. The minimum Gasteiger partial charge on any atom is -0.379 e. The predicted molar refractivity (Wildman–Crippen MR) is 70.4 cm³/mol. The topological polar surface area (TPSA) is 36.5 Å². The summed E-state index contributed by atoms with van der Waals surface area (Å²) in [4.78, 5) is 2.49. The first-order chi connectivity index (χ1) is 8.16. The van der Waals surface area contributed by atoms with Gasteiger partial charge >= 0.3 is 0 Å². The van der Waals surface area contributed by atoms with Crippen LogP contribution in [0.25, 0.3) is 0 Å². The van der Waals surface area contributed by atoms with Crippen molar-refractivity contribution in [2.24, 2.45) is 0 Å². The highest BCUT2D eigenvalue weighted by Crippen LogP contribution is 2.17. The number of hydrogen-bond donors (Lipinski definition) is 2. The van der Waals surface area contributed by atoms with Gasteiger partial charge in [-0.1, -0.05) is 0 Å². The Morgan fingerprint density at radius 1 is 1.35 bits per heavy atom. The molecular formula is C13H27N3O. The maximum atomic E-state index is 5.35. The molecule has 0 aromatic carbocycles. The first-order valence-corrected chi connectivity index (χ1v) is 6.94. The molecule has 0 saturated carbocycles. The Kier molecular flexibility index (Phi) is 4.79. The lowest BCUT2D eigenvalue weighted by Gasteiger charge is -2.37. The Bertz CT molecular complexity index is 227. The second-order valence-electron chi connectivity index (χ2n) is 5.91. The molecule has 2 aliphatic heterocycles. The molecular weight excluding hydrogens is 214 g/mol. The lowest BCUT2D eigenvalue weighted by Crippen LogP contribution is -2.53. The van der Waals surface area contributed by atoms with Crippen molar-refractivity contribution in [2.75, 3.05) is 45.9 Å². The van der Waals surface area contributed by atoms with Gasteiger partial charge in [-0.2, -0.15) is 0 Å². The molecule has 0 aromatic heterocycles. The van der Waals surface area contributed by atoms with Crippen LogP contribution in [0.3, 0.4) is 0 Å². The van der Waals surface area contributed by atoms with Crippen LogP contribution in [0.1, 0.15) is 26.7 Å². The van der Waals surface area contributed by atoms with E-state index in [-0.39, 0.29) is 0 Å². The smallest absolute Gasteiger partial charge is 0.0594 e. The quantitative estimate of drug-likeness (QED) is 0.749. The van der Waals surface area contributed by atoms with Crippen LogP contribution in [0.2, 0.25) is 0 Å². The van der Waals surface area contributed by atoms with Crippen molar-refractivity contribution in [3.05, 3.63) is 0 Å². The second kappa shape index (κ2) is 6.14. The molecule has 2 rings (SSSR count). The van der Waals surface area contributed by atoms with E-state index < -0.39 is 0 Å². The monoisotopic (exact) mass is 241 g/mol. The Morgan fingerprint density at radius 2 is 2.12 bits per heavy atom. The highest BCUT2D eigenvalue weighted by atomic mass is 16.5. The zero-order valence-electron chi connectivity index (χ0n) is 11.3. The fraction of sp³-hybridized carbons (Fsp3) is 1.00. The summed E-state index contributed by atoms with van der Waals surface area (Å²) < 4.78 is 5.35. The van der Waals surface area contributed by atoms with Crippen LogP contribution in [-0.2, 0) is 4.74 Å². The summed E-state index contributed by atoms with van der Waals surface area (Å²) in [5.74, 6) is 0. The van der Waals surface area contributed by atoms with E-state index >= 15 is 0 Å². The van der Waals surface area contributed by atoms with Gasteiger partial charge in [0.15, 0.2) is 0 Å². The summed E-state index contributed by atoms with van der Waals surface area (Å²) in [7, 11) is 0. The van der Waals surface area contributed by atoms with Crippen LogP contribution in [0, 0.1) is 0 Å². The highest BCUT2D eigenvalue weighted by Gasteiger charge is 2.26. The lowest BCUT2D eigenvalue weighted by molar-refractivity contribution is 0.0378. The summed E-state index contributed by atoms with van der Waals surface area (Å²) >= 11 is 0. The number of piperidine rings is 1. The summed E-state index contributed by atoms with van der Waals surface area (Å²) in [6.07, 6.45) is 2.49. The molecule has 0 spiro atoms. The molecule has 1 unspecified atom stereocenters. The maximum absolute atomic E-state index is 5.35. The van der Waals surface area contributed by atoms with Crippen molar-refractivity contribution < 1.29 is 4.74 Å². The Hall–Kier alpha value is -0.160. The molecule has 0 bridgehead atoms. The third-order valence-electron chi connectivity index (χ3n) is 3.82. The van der Waals surface area contributed by atoms with Crippen LogP contribution < -0.4 is 10.6 Å². The van der Waals surface area contributed by atoms with Crippen molar-refractivity contribution in [3.8, 4) is 0 Å². The molecule has 2 fully saturated rings. The molecule has 2 N–H and O–H groups in total. The van der Waals surface area contributed by atoms with Crippen LogP contribution in [-0.4, -0.2) is 62.4 Å². The Morgan fingerprint density at radius 3 is 2.82 bits per heavy atom. The molecule has 4 nitrogen and oxygen atoms in total. The predicted octanol–water partition coefficient (Wildman–Crippen LogP) is 0.439. The van der Waals surface area contributed by atoms with Gasteiger partial charge in [0.05, 0.1) is 13.2 Å². The van der Waals surface area contributed by atoms with Gasteiger partial charge in [-0.15, -0.1) is 0 Å². The molecule has 17 heavy (non-hydrogen) atoms. The van der Waals surface area contributed by atoms with Gasteiger partial charge in [0, 0.05) is 37.8 Å². The average Bonchev–Trinajstić information content (AvgIpc) is 2.29. The fourth-order valence-corrected chi connectivity index (χ4v) is 2.80. The van der Waals surface area contributed by atoms with Gasteiger partial charge in [-0.25, -0.2) is 0 Å². The van der Waals surface area contributed by atoms with Gasteiger partial charge in [0.1, 0.15) is 0 Å². The van der Waals surface area contributed by atoms with E-state index in [2.05, 4.69) is 29.4 Å². The first-order valence-electron chi connectivity index (χ1n) is 6.94. The van der Waals surface area contributed by atoms with Crippen LogP contribution in [0.5, 0.6) is 0 Å². The minimum absolute atomic E-state index is 0.300. The molecule has 1 atom stereocenters. The number of nitrogens with one attached hydrogen (secondary N) is 2. The Balaban J connectivity index is 1.61. The largest absolute Gasteiger partial charge is 0.379 e. The van der Waals surface area contributed by atoms with Gasteiger partial charge in [-0.05, 0) is 33.2 Å². The zero-order chi connectivity index (χ0) is 12.1. The number of ether oxygens (including phenoxy) is 1.